The Hall–Kier alpha value is -1.73. The molecule has 1 aromatic rings. The number of nitrogens with one attached hydrogen (secondary N) is 1. The van der Waals surface area contributed by atoms with Crippen LogP contribution in [0.4, 0.5) is 15.8 Å². The number of ether oxygens (including phenoxy) is 1. The molecule has 0 spiro atoms. The molecule has 0 bridgehead atoms. The van der Waals surface area contributed by atoms with Gasteiger partial charge >= 0.3 is 0 Å². The molecule has 19 heavy (non-hydrogen) atoms. The molecule has 0 saturated carbocycles. The maximum atomic E-state index is 13.1. The second-order valence-corrected chi connectivity index (χ2v) is 4.30. The predicted molar refractivity (Wildman–Crippen MR) is 70.9 cm³/mol. The fraction of sp³-hybridized carbons (Fsp3) is 0.500. The minimum absolute atomic E-state index is 0.268. The van der Waals surface area contributed by atoms with E-state index >= 15 is 0 Å². The number of likely N-dealkylation sites (N-methyl/N-ethyl adjacent to an activating group) is 1. The summed E-state index contributed by atoms with van der Waals surface area (Å²) in [7, 11) is 3.90. The third kappa shape index (κ3) is 6.12. The molecule has 7 heteroatoms. The number of hydrogen-bond acceptors (Lipinski definition) is 5. The van der Waals surface area contributed by atoms with Gasteiger partial charge in [-0.3, -0.25) is 10.1 Å². The van der Waals surface area contributed by atoms with Crippen molar-refractivity contribution in [1.82, 2.24) is 4.90 Å². The third-order valence-electron chi connectivity index (χ3n) is 2.35. The van der Waals surface area contributed by atoms with Crippen molar-refractivity contribution in [2.45, 2.75) is 0 Å². The minimum Gasteiger partial charge on any atom is -0.382 e. The summed E-state index contributed by atoms with van der Waals surface area (Å²) in [4.78, 5) is 11.9. The Balaban J connectivity index is 2.35. The van der Waals surface area contributed by atoms with Crippen molar-refractivity contribution in [3.05, 3.63) is 34.1 Å². The lowest BCUT2D eigenvalue weighted by Gasteiger charge is -2.10. The van der Waals surface area contributed by atoms with Crippen LogP contribution in [0.1, 0.15) is 0 Å². The number of nitrogens with zero attached hydrogens (tertiary/aromatic N) is 2. The molecule has 1 N–H and O–H groups in total. The number of non-ortho nitro benzene ring substituents is 1. The van der Waals surface area contributed by atoms with Gasteiger partial charge in [-0.1, -0.05) is 0 Å². The normalized spacial score (nSPS) is 10.7. The lowest BCUT2D eigenvalue weighted by Crippen LogP contribution is -2.20. The maximum absolute atomic E-state index is 13.1. The first-order valence-corrected chi connectivity index (χ1v) is 5.90. The monoisotopic (exact) mass is 271 g/mol. The number of benzene rings is 1. The molecular formula is C12H18FN3O3. The molecule has 0 fully saturated rings. The second-order valence-electron chi connectivity index (χ2n) is 4.30. The number of anilines is 1. The molecule has 0 aromatic heterocycles. The van der Waals surface area contributed by atoms with Crippen LogP contribution in [0.5, 0.6) is 0 Å². The molecule has 0 aliphatic heterocycles. The van der Waals surface area contributed by atoms with Crippen LogP contribution < -0.4 is 5.32 Å². The summed E-state index contributed by atoms with van der Waals surface area (Å²) in [6, 6.07) is 3.40. The molecule has 0 atom stereocenters. The third-order valence-corrected chi connectivity index (χ3v) is 2.35. The van der Waals surface area contributed by atoms with Crippen LogP contribution in [0.25, 0.3) is 0 Å². The van der Waals surface area contributed by atoms with E-state index in [1.165, 1.54) is 12.1 Å². The predicted octanol–water partition coefficient (Wildman–Crippen LogP) is 1.72. The van der Waals surface area contributed by atoms with Crippen LogP contribution in [-0.2, 0) is 4.74 Å². The average molecular weight is 271 g/mol. The van der Waals surface area contributed by atoms with Gasteiger partial charge in [0.05, 0.1) is 24.2 Å². The lowest BCUT2D eigenvalue weighted by molar-refractivity contribution is -0.385. The van der Waals surface area contributed by atoms with Gasteiger partial charge < -0.3 is 15.0 Å². The Morgan fingerprint density at radius 1 is 1.37 bits per heavy atom. The van der Waals surface area contributed by atoms with Gasteiger partial charge in [-0.2, -0.15) is 0 Å². The molecule has 0 unspecified atom stereocenters. The first-order chi connectivity index (χ1) is 8.99. The van der Waals surface area contributed by atoms with Crippen molar-refractivity contribution in [3.63, 3.8) is 0 Å². The van der Waals surface area contributed by atoms with Gasteiger partial charge in [-0.25, -0.2) is 4.39 Å². The molecule has 106 valence electrons. The molecule has 0 saturated heterocycles. The lowest BCUT2D eigenvalue weighted by atomic mass is 10.2. The van der Waals surface area contributed by atoms with Gasteiger partial charge in [-0.05, 0) is 20.2 Å². The zero-order valence-electron chi connectivity index (χ0n) is 11.1. The summed E-state index contributed by atoms with van der Waals surface area (Å²) < 4.78 is 18.5. The number of nitro groups is 1. The molecule has 0 radical (unpaired) electrons. The standard InChI is InChI=1S/C12H18FN3O3/c1-15(2)4-6-19-5-3-14-11-7-10(13)8-12(9-11)16(17)18/h7-9,14H,3-6H2,1-2H3. The van der Waals surface area contributed by atoms with Crippen LogP contribution in [0.2, 0.25) is 0 Å². The van der Waals surface area contributed by atoms with E-state index in [9.17, 15) is 14.5 Å². The molecule has 0 heterocycles. The van der Waals surface area contributed by atoms with Crippen LogP contribution in [-0.4, -0.2) is 50.2 Å². The molecule has 1 rings (SSSR count). The Morgan fingerprint density at radius 2 is 2.11 bits per heavy atom. The first-order valence-electron chi connectivity index (χ1n) is 5.90. The summed E-state index contributed by atoms with van der Waals surface area (Å²) >= 11 is 0. The quantitative estimate of drug-likeness (QED) is 0.443. The van der Waals surface area contributed by atoms with Crippen molar-refractivity contribution < 1.29 is 14.1 Å². The van der Waals surface area contributed by atoms with Gasteiger partial charge in [0.1, 0.15) is 5.82 Å². The Morgan fingerprint density at radius 3 is 2.74 bits per heavy atom. The SMILES string of the molecule is CN(C)CCOCCNc1cc(F)cc([N+](=O)[O-])c1. The molecule has 1 aromatic carbocycles. The smallest absolute Gasteiger partial charge is 0.274 e. The van der Waals surface area contributed by atoms with E-state index < -0.39 is 10.7 Å². The van der Waals surface area contributed by atoms with Crippen molar-refractivity contribution in [1.29, 1.82) is 0 Å². The molecule has 0 aliphatic rings. The number of rotatable bonds is 8. The van der Waals surface area contributed by atoms with E-state index in [1.807, 2.05) is 19.0 Å². The molecule has 0 amide bonds. The minimum atomic E-state index is -0.634. The highest BCUT2D eigenvalue weighted by Gasteiger charge is 2.09. The van der Waals surface area contributed by atoms with Crippen LogP contribution in [0.3, 0.4) is 0 Å². The van der Waals surface area contributed by atoms with E-state index in [-0.39, 0.29) is 5.69 Å². The van der Waals surface area contributed by atoms with Gasteiger partial charge in [0.15, 0.2) is 0 Å². The Labute approximate surface area is 111 Å². The zero-order chi connectivity index (χ0) is 14.3. The van der Waals surface area contributed by atoms with E-state index in [1.54, 1.807) is 0 Å². The van der Waals surface area contributed by atoms with E-state index in [2.05, 4.69) is 5.32 Å². The largest absolute Gasteiger partial charge is 0.382 e. The van der Waals surface area contributed by atoms with Crippen LogP contribution in [0, 0.1) is 15.9 Å². The van der Waals surface area contributed by atoms with E-state index in [0.29, 0.717) is 25.4 Å². The summed E-state index contributed by atoms with van der Waals surface area (Å²) in [5, 5.41) is 13.5. The van der Waals surface area contributed by atoms with Gasteiger partial charge in [0, 0.05) is 24.8 Å². The van der Waals surface area contributed by atoms with Crippen molar-refractivity contribution in [3.8, 4) is 0 Å². The second kappa shape index (κ2) is 7.65. The summed E-state index contributed by atoms with van der Waals surface area (Å²) in [5.74, 6) is -0.634. The van der Waals surface area contributed by atoms with Gasteiger partial charge in [0.2, 0.25) is 0 Å². The van der Waals surface area contributed by atoms with Crippen molar-refractivity contribution in [2.75, 3.05) is 45.7 Å². The fourth-order valence-electron chi connectivity index (χ4n) is 1.40. The maximum Gasteiger partial charge on any atom is 0.274 e. The topological polar surface area (TPSA) is 67.6 Å². The molecule has 0 aliphatic carbocycles. The fourth-order valence-corrected chi connectivity index (χ4v) is 1.40. The number of nitro benzene ring substituents is 1. The number of halogens is 1. The highest BCUT2D eigenvalue weighted by Crippen LogP contribution is 2.19. The first kappa shape index (κ1) is 15.3. The average Bonchev–Trinajstić information content (AvgIpc) is 2.32. The van der Waals surface area contributed by atoms with Crippen LogP contribution in [0.15, 0.2) is 18.2 Å². The zero-order valence-corrected chi connectivity index (χ0v) is 11.1. The van der Waals surface area contributed by atoms with Crippen LogP contribution >= 0.6 is 0 Å². The summed E-state index contributed by atoms with van der Waals surface area (Å²) in [6.45, 7) is 2.36. The Bertz CT molecular complexity index is 427. The van der Waals surface area contributed by atoms with E-state index in [0.717, 1.165) is 12.6 Å². The molecular weight excluding hydrogens is 253 g/mol. The number of hydrogen-bond donors (Lipinski definition) is 1. The van der Waals surface area contributed by atoms with Crippen molar-refractivity contribution >= 4 is 11.4 Å². The summed E-state index contributed by atoms with van der Waals surface area (Å²) in [5.41, 5.74) is 0.110. The van der Waals surface area contributed by atoms with Crippen molar-refractivity contribution in [2.24, 2.45) is 0 Å². The van der Waals surface area contributed by atoms with Gasteiger partial charge in [-0.15, -0.1) is 0 Å². The van der Waals surface area contributed by atoms with E-state index in [4.69, 9.17) is 4.74 Å². The summed E-state index contributed by atoms with van der Waals surface area (Å²) in [6.07, 6.45) is 0. The highest BCUT2D eigenvalue weighted by atomic mass is 19.1. The highest BCUT2D eigenvalue weighted by molar-refractivity contribution is 5.51. The molecule has 6 nitrogen and oxygen atoms in total. The Kier molecular flexibility index (Phi) is 6.17. The van der Waals surface area contributed by atoms with Gasteiger partial charge in [0.25, 0.3) is 5.69 Å².